The van der Waals surface area contributed by atoms with Crippen molar-refractivity contribution in [1.82, 2.24) is 24.6 Å². The largest absolute Gasteiger partial charge is 0.369 e. The second-order valence-corrected chi connectivity index (χ2v) is 7.87. The van der Waals surface area contributed by atoms with Gasteiger partial charge in [0.05, 0.1) is 30.4 Å². The van der Waals surface area contributed by atoms with Crippen molar-refractivity contribution in [1.29, 1.82) is 0 Å². The van der Waals surface area contributed by atoms with Gasteiger partial charge in [0, 0.05) is 31.4 Å². The number of carbonyl (C=O) groups excluding carboxylic acids is 1. The first-order valence-electron chi connectivity index (χ1n) is 10.2. The van der Waals surface area contributed by atoms with Crippen LogP contribution in [0.5, 0.6) is 0 Å². The fraction of sp³-hybridized carbons (Fsp3) is 0.600. The van der Waals surface area contributed by atoms with Crippen LogP contribution in [-0.2, 0) is 30.8 Å². The van der Waals surface area contributed by atoms with Gasteiger partial charge in [-0.05, 0) is 38.8 Å². The summed E-state index contributed by atoms with van der Waals surface area (Å²) < 4.78 is 2.11. The van der Waals surface area contributed by atoms with Crippen molar-refractivity contribution < 1.29 is 4.79 Å². The maximum atomic E-state index is 11.5. The smallest absolute Gasteiger partial charge is 0.221 e. The quantitative estimate of drug-likeness (QED) is 0.836. The third-order valence-corrected chi connectivity index (χ3v) is 5.78. The van der Waals surface area contributed by atoms with Crippen LogP contribution in [-0.4, -0.2) is 50.2 Å². The lowest BCUT2D eigenvalue weighted by Gasteiger charge is -2.30. The molecule has 0 bridgehead atoms. The molecule has 0 radical (unpaired) electrons. The van der Waals surface area contributed by atoms with E-state index in [1.807, 2.05) is 13.1 Å². The number of amides is 1. The van der Waals surface area contributed by atoms with Gasteiger partial charge in [0.15, 0.2) is 0 Å². The summed E-state index contributed by atoms with van der Waals surface area (Å²) in [6.07, 6.45) is 4.79. The van der Waals surface area contributed by atoms with Crippen LogP contribution in [0.2, 0.25) is 0 Å². The number of primary amides is 1. The number of carbonyl (C=O) groups is 1. The van der Waals surface area contributed by atoms with Crippen LogP contribution in [0.1, 0.15) is 42.5 Å². The Balaban J connectivity index is 1.47. The molecule has 2 aliphatic heterocycles. The zero-order chi connectivity index (χ0) is 19.7. The molecule has 2 aromatic heterocycles. The molecule has 2 N–H and O–H groups in total. The highest BCUT2D eigenvalue weighted by Crippen LogP contribution is 2.24. The van der Waals surface area contributed by atoms with E-state index in [1.54, 1.807) is 0 Å². The van der Waals surface area contributed by atoms with Crippen molar-refractivity contribution >= 4 is 11.7 Å². The minimum atomic E-state index is -0.184. The molecule has 0 unspecified atom stereocenters. The van der Waals surface area contributed by atoms with Crippen LogP contribution in [0, 0.1) is 12.8 Å². The molecule has 2 aliphatic rings. The molecule has 8 heteroatoms. The first-order chi connectivity index (χ1) is 13.5. The molecule has 2 aromatic rings. The average molecular weight is 384 g/mol. The molecular formula is C20H29N7O. The van der Waals surface area contributed by atoms with E-state index in [1.165, 1.54) is 11.3 Å². The summed E-state index contributed by atoms with van der Waals surface area (Å²) in [6, 6.07) is 2.19. The second-order valence-electron chi connectivity index (χ2n) is 7.87. The summed E-state index contributed by atoms with van der Waals surface area (Å²) in [6.45, 7) is 9.14. The van der Waals surface area contributed by atoms with Crippen molar-refractivity contribution in [3.63, 3.8) is 0 Å². The van der Waals surface area contributed by atoms with Crippen molar-refractivity contribution in [2.75, 3.05) is 24.5 Å². The molecule has 150 valence electrons. The van der Waals surface area contributed by atoms with Crippen molar-refractivity contribution in [2.45, 2.75) is 52.7 Å². The summed E-state index contributed by atoms with van der Waals surface area (Å²) >= 11 is 0. The summed E-state index contributed by atoms with van der Waals surface area (Å²) in [5, 5.41) is 4.80. The number of hydrogen-bond acceptors (Lipinski definition) is 6. The molecule has 0 spiro atoms. The molecule has 1 fully saturated rings. The number of anilines is 1. The van der Waals surface area contributed by atoms with Crippen LogP contribution >= 0.6 is 0 Å². The molecule has 1 atom stereocenters. The van der Waals surface area contributed by atoms with E-state index in [0.29, 0.717) is 0 Å². The van der Waals surface area contributed by atoms with E-state index in [4.69, 9.17) is 15.8 Å². The van der Waals surface area contributed by atoms with Crippen molar-refractivity contribution in [3.05, 3.63) is 35.0 Å². The Morgan fingerprint density at radius 1 is 1.32 bits per heavy atom. The van der Waals surface area contributed by atoms with Crippen molar-refractivity contribution in [3.8, 4) is 0 Å². The molecule has 0 aliphatic carbocycles. The molecule has 0 saturated carbocycles. The minimum absolute atomic E-state index is 0.0325. The highest BCUT2D eigenvalue weighted by molar-refractivity contribution is 5.76. The summed E-state index contributed by atoms with van der Waals surface area (Å²) in [4.78, 5) is 25.2. The monoisotopic (exact) mass is 383 g/mol. The SMILES string of the molecule is CCc1cnc(C)nc1N1CCn2nc(CN3CCC[C@@H](C(N)=O)C3)cc2C1. The maximum Gasteiger partial charge on any atom is 0.221 e. The van der Waals surface area contributed by atoms with Gasteiger partial charge in [-0.3, -0.25) is 14.4 Å². The Hall–Kier alpha value is -2.48. The van der Waals surface area contributed by atoms with Gasteiger partial charge >= 0.3 is 0 Å². The van der Waals surface area contributed by atoms with Gasteiger partial charge < -0.3 is 10.6 Å². The van der Waals surface area contributed by atoms with E-state index in [-0.39, 0.29) is 11.8 Å². The third-order valence-electron chi connectivity index (χ3n) is 5.78. The van der Waals surface area contributed by atoms with Crippen LogP contribution in [0.15, 0.2) is 12.3 Å². The highest BCUT2D eigenvalue weighted by atomic mass is 16.1. The number of aryl methyl sites for hydroxylation is 2. The molecule has 0 aromatic carbocycles. The topological polar surface area (TPSA) is 93.2 Å². The second kappa shape index (κ2) is 7.87. The van der Waals surface area contributed by atoms with Gasteiger partial charge in [-0.2, -0.15) is 5.10 Å². The van der Waals surface area contributed by atoms with Gasteiger partial charge in [-0.25, -0.2) is 9.97 Å². The number of hydrogen-bond donors (Lipinski definition) is 1. The number of rotatable bonds is 5. The maximum absolute atomic E-state index is 11.5. The fourth-order valence-corrected chi connectivity index (χ4v) is 4.25. The zero-order valence-electron chi connectivity index (χ0n) is 16.8. The molecule has 28 heavy (non-hydrogen) atoms. The van der Waals surface area contributed by atoms with Crippen LogP contribution in [0.25, 0.3) is 0 Å². The summed E-state index contributed by atoms with van der Waals surface area (Å²) in [7, 11) is 0. The molecule has 4 heterocycles. The van der Waals surface area contributed by atoms with E-state index in [0.717, 1.165) is 75.9 Å². The number of aromatic nitrogens is 4. The molecule has 8 nitrogen and oxygen atoms in total. The normalized spacial score (nSPS) is 20.2. The van der Waals surface area contributed by atoms with E-state index >= 15 is 0 Å². The summed E-state index contributed by atoms with van der Waals surface area (Å²) in [5.74, 6) is 1.64. The zero-order valence-corrected chi connectivity index (χ0v) is 16.8. The predicted molar refractivity (Wildman–Crippen MR) is 107 cm³/mol. The van der Waals surface area contributed by atoms with Gasteiger partial charge in [0.25, 0.3) is 0 Å². The minimum Gasteiger partial charge on any atom is -0.369 e. The first kappa shape index (κ1) is 18.9. The Labute approximate surface area is 165 Å². The Morgan fingerprint density at radius 2 is 2.18 bits per heavy atom. The number of nitrogens with two attached hydrogens (primary N) is 1. The number of likely N-dealkylation sites (tertiary alicyclic amines) is 1. The lowest BCUT2D eigenvalue weighted by molar-refractivity contribution is -0.123. The Bertz CT molecular complexity index is 862. The van der Waals surface area contributed by atoms with Gasteiger partial charge in [0.2, 0.25) is 5.91 Å². The van der Waals surface area contributed by atoms with Gasteiger partial charge in [0.1, 0.15) is 11.6 Å². The number of piperidine rings is 1. The lowest BCUT2D eigenvalue weighted by atomic mass is 9.97. The Morgan fingerprint density at radius 3 is 2.96 bits per heavy atom. The standard InChI is InChI=1S/C20H29N7O/c1-3-15-10-22-14(2)23-20(15)26-7-8-27-18(13-26)9-17(24-27)12-25-6-4-5-16(11-25)19(21)28/h9-10,16H,3-8,11-13H2,1-2H3,(H2,21,28)/t16-/m1/s1. The highest BCUT2D eigenvalue weighted by Gasteiger charge is 2.26. The Kier molecular flexibility index (Phi) is 5.30. The molecule has 1 amide bonds. The van der Waals surface area contributed by atoms with E-state index < -0.39 is 0 Å². The van der Waals surface area contributed by atoms with Gasteiger partial charge in [-0.1, -0.05) is 6.92 Å². The number of fused-ring (bicyclic) bond motifs is 1. The lowest BCUT2D eigenvalue weighted by Crippen LogP contribution is -2.40. The summed E-state index contributed by atoms with van der Waals surface area (Å²) in [5.41, 5.74) is 8.97. The average Bonchev–Trinajstić information content (AvgIpc) is 3.09. The van der Waals surface area contributed by atoms with Crippen molar-refractivity contribution in [2.24, 2.45) is 11.7 Å². The van der Waals surface area contributed by atoms with Crippen LogP contribution < -0.4 is 10.6 Å². The first-order valence-corrected chi connectivity index (χ1v) is 10.2. The van der Waals surface area contributed by atoms with E-state index in [9.17, 15) is 4.79 Å². The molecular weight excluding hydrogens is 354 g/mol. The van der Waals surface area contributed by atoms with Crippen LogP contribution in [0.3, 0.4) is 0 Å². The predicted octanol–water partition coefficient (Wildman–Crippen LogP) is 1.26. The fourth-order valence-electron chi connectivity index (χ4n) is 4.25. The number of nitrogens with zero attached hydrogens (tertiary/aromatic N) is 6. The van der Waals surface area contributed by atoms with Gasteiger partial charge in [-0.15, -0.1) is 0 Å². The molecule has 1 saturated heterocycles. The van der Waals surface area contributed by atoms with E-state index in [2.05, 4.69) is 32.5 Å². The van der Waals surface area contributed by atoms with Crippen LogP contribution in [0.4, 0.5) is 5.82 Å². The molecule has 4 rings (SSSR count). The third kappa shape index (κ3) is 3.87.